The molecule has 3 rings (SSSR count). The van der Waals surface area contributed by atoms with Gasteiger partial charge in [-0.15, -0.1) is 0 Å². The van der Waals surface area contributed by atoms with Crippen molar-refractivity contribution in [1.82, 2.24) is 4.90 Å². The van der Waals surface area contributed by atoms with Gasteiger partial charge in [0.1, 0.15) is 0 Å². The van der Waals surface area contributed by atoms with E-state index in [1.54, 1.807) is 12.1 Å². The molecular weight excluding hydrogens is 324 g/mol. The minimum atomic E-state index is -0.483. The monoisotopic (exact) mass is 348 g/mol. The Morgan fingerprint density at radius 3 is 2.50 bits per heavy atom. The first-order valence-electron chi connectivity index (χ1n) is 9.11. The normalized spacial score (nSPS) is 19.3. The van der Waals surface area contributed by atoms with Crippen LogP contribution in [0.25, 0.3) is 0 Å². The lowest BCUT2D eigenvalue weighted by atomic mass is 9.88. The Bertz CT molecular complexity index is 780. The van der Waals surface area contributed by atoms with Gasteiger partial charge in [0.2, 0.25) is 5.91 Å². The van der Waals surface area contributed by atoms with Crippen LogP contribution in [0.3, 0.4) is 0 Å². The molecule has 2 aromatic carbocycles. The second-order valence-electron chi connectivity index (χ2n) is 7.00. The summed E-state index contributed by atoms with van der Waals surface area (Å²) in [6.07, 6.45) is 3.51. The minimum Gasteiger partial charge on any atom is -0.394 e. The first kappa shape index (κ1) is 18.2. The number of aliphatic hydroxyl groups is 1. The summed E-state index contributed by atoms with van der Waals surface area (Å²) in [7, 11) is 0. The lowest BCUT2D eigenvalue weighted by Gasteiger charge is -2.37. The highest BCUT2D eigenvalue weighted by Gasteiger charge is 2.42. The van der Waals surface area contributed by atoms with Crippen LogP contribution in [0, 0.1) is 11.3 Å². The molecule has 1 saturated heterocycles. The molecule has 0 aliphatic carbocycles. The Balaban J connectivity index is 1.67. The van der Waals surface area contributed by atoms with Crippen LogP contribution in [0.5, 0.6) is 0 Å². The zero-order chi connectivity index (χ0) is 18.4. The topological polar surface area (TPSA) is 64.3 Å². The SMILES string of the molecule is N#Cc1ccc(CCC(=O)N2CCCC2(CO)Cc2ccccc2)cc1. The van der Waals surface area contributed by atoms with Crippen LogP contribution in [0.1, 0.15) is 36.0 Å². The second-order valence-corrected chi connectivity index (χ2v) is 7.00. The number of likely N-dealkylation sites (tertiary alicyclic amines) is 1. The van der Waals surface area contributed by atoms with Gasteiger partial charge < -0.3 is 10.0 Å². The van der Waals surface area contributed by atoms with Crippen LogP contribution in [-0.4, -0.2) is 34.6 Å². The molecule has 134 valence electrons. The number of nitrogens with zero attached hydrogens (tertiary/aromatic N) is 2. The number of rotatable bonds is 6. The van der Waals surface area contributed by atoms with Gasteiger partial charge in [-0.3, -0.25) is 4.79 Å². The van der Waals surface area contributed by atoms with Gasteiger partial charge in [-0.25, -0.2) is 0 Å². The van der Waals surface area contributed by atoms with Crippen LogP contribution in [0.4, 0.5) is 0 Å². The molecule has 1 aliphatic rings. The van der Waals surface area contributed by atoms with Crippen molar-refractivity contribution in [3.63, 3.8) is 0 Å². The summed E-state index contributed by atoms with van der Waals surface area (Å²) >= 11 is 0. The van der Waals surface area contributed by atoms with Crippen LogP contribution >= 0.6 is 0 Å². The number of amides is 1. The molecule has 1 amide bonds. The molecule has 1 atom stereocenters. The van der Waals surface area contributed by atoms with Gasteiger partial charge in [-0.05, 0) is 48.9 Å². The number of carbonyl (C=O) groups is 1. The third-order valence-corrected chi connectivity index (χ3v) is 5.28. The summed E-state index contributed by atoms with van der Waals surface area (Å²) in [5.74, 6) is 0.0943. The van der Waals surface area contributed by atoms with Crippen LogP contribution in [-0.2, 0) is 17.6 Å². The predicted octanol–water partition coefficient (Wildman–Crippen LogP) is 3.09. The number of hydrogen-bond donors (Lipinski definition) is 1. The number of aryl methyl sites for hydroxylation is 1. The zero-order valence-corrected chi connectivity index (χ0v) is 14.9. The molecule has 4 heteroatoms. The summed E-state index contributed by atoms with van der Waals surface area (Å²) in [5.41, 5.74) is 2.34. The van der Waals surface area contributed by atoms with Crippen LogP contribution in [0.2, 0.25) is 0 Å². The maximum atomic E-state index is 12.9. The summed E-state index contributed by atoms with van der Waals surface area (Å²) in [5, 5.41) is 19.0. The van der Waals surface area contributed by atoms with Crippen molar-refractivity contribution >= 4 is 5.91 Å². The molecule has 1 aliphatic heterocycles. The number of aliphatic hydroxyl groups excluding tert-OH is 1. The fourth-order valence-corrected chi connectivity index (χ4v) is 3.84. The Morgan fingerprint density at radius 1 is 1.12 bits per heavy atom. The quantitative estimate of drug-likeness (QED) is 0.872. The van der Waals surface area contributed by atoms with Crippen molar-refractivity contribution in [1.29, 1.82) is 5.26 Å². The molecule has 0 saturated carbocycles. The largest absolute Gasteiger partial charge is 0.394 e. The Kier molecular flexibility index (Phi) is 5.70. The predicted molar refractivity (Wildman–Crippen MR) is 100 cm³/mol. The molecule has 0 spiro atoms. The van der Waals surface area contributed by atoms with Gasteiger partial charge in [0, 0.05) is 13.0 Å². The molecular formula is C22H24N2O2. The first-order chi connectivity index (χ1) is 12.7. The van der Waals surface area contributed by atoms with Crippen molar-refractivity contribution < 1.29 is 9.90 Å². The molecule has 0 bridgehead atoms. The lowest BCUT2D eigenvalue weighted by Crippen LogP contribution is -2.51. The molecule has 26 heavy (non-hydrogen) atoms. The smallest absolute Gasteiger partial charge is 0.223 e. The maximum absolute atomic E-state index is 12.9. The third-order valence-electron chi connectivity index (χ3n) is 5.28. The molecule has 1 heterocycles. The highest BCUT2D eigenvalue weighted by molar-refractivity contribution is 5.77. The number of benzene rings is 2. The standard InChI is InChI=1S/C22H24N2O2/c23-16-20-9-7-18(8-10-20)11-12-21(26)24-14-4-13-22(24,17-25)15-19-5-2-1-3-6-19/h1-3,5-10,25H,4,11-15,17H2. The fourth-order valence-electron chi connectivity index (χ4n) is 3.84. The minimum absolute atomic E-state index is 0.00942. The molecule has 1 N–H and O–H groups in total. The van der Waals surface area contributed by atoms with E-state index in [2.05, 4.69) is 18.2 Å². The van der Waals surface area contributed by atoms with Crippen molar-refractivity contribution in [2.75, 3.05) is 13.2 Å². The fraction of sp³-hybridized carbons (Fsp3) is 0.364. The average Bonchev–Trinajstić information content (AvgIpc) is 3.11. The molecule has 0 aromatic heterocycles. The van der Waals surface area contributed by atoms with E-state index in [0.29, 0.717) is 31.4 Å². The van der Waals surface area contributed by atoms with Gasteiger partial charge in [0.15, 0.2) is 0 Å². The lowest BCUT2D eigenvalue weighted by molar-refractivity contribution is -0.136. The highest BCUT2D eigenvalue weighted by atomic mass is 16.3. The van der Waals surface area contributed by atoms with E-state index in [4.69, 9.17) is 5.26 Å². The summed E-state index contributed by atoms with van der Waals surface area (Å²) < 4.78 is 0. The van der Waals surface area contributed by atoms with E-state index < -0.39 is 5.54 Å². The molecule has 1 fully saturated rings. The number of hydrogen-bond acceptors (Lipinski definition) is 3. The summed E-state index contributed by atoms with van der Waals surface area (Å²) in [6.45, 7) is 0.699. The third kappa shape index (κ3) is 3.95. The van der Waals surface area contributed by atoms with E-state index in [0.717, 1.165) is 24.0 Å². The van der Waals surface area contributed by atoms with Crippen molar-refractivity contribution in [2.45, 2.75) is 37.6 Å². The molecule has 1 unspecified atom stereocenters. The highest BCUT2D eigenvalue weighted by Crippen LogP contribution is 2.33. The molecule has 0 radical (unpaired) electrons. The van der Waals surface area contributed by atoms with Gasteiger partial charge in [-0.2, -0.15) is 5.26 Å². The van der Waals surface area contributed by atoms with Gasteiger partial charge >= 0.3 is 0 Å². The Hall–Kier alpha value is -2.64. The molecule has 2 aromatic rings. The first-order valence-corrected chi connectivity index (χ1v) is 9.11. The van der Waals surface area contributed by atoms with E-state index in [9.17, 15) is 9.90 Å². The van der Waals surface area contributed by atoms with Gasteiger partial charge in [0.05, 0.1) is 23.8 Å². The van der Waals surface area contributed by atoms with Crippen LogP contribution in [0.15, 0.2) is 54.6 Å². The summed E-state index contributed by atoms with van der Waals surface area (Å²) in [4.78, 5) is 14.8. The van der Waals surface area contributed by atoms with E-state index in [-0.39, 0.29) is 12.5 Å². The maximum Gasteiger partial charge on any atom is 0.223 e. The Labute approximate surface area is 154 Å². The number of nitriles is 1. The summed E-state index contributed by atoms with van der Waals surface area (Å²) in [6, 6.07) is 19.5. The Morgan fingerprint density at radius 2 is 1.85 bits per heavy atom. The number of carbonyl (C=O) groups excluding carboxylic acids is 1. The average molecular weight is 348 g/mol. The van der Waals surface area contributed by atoms with E-state index in [1.807, 2.05) is 35.2 Å². The van der Waals surface area contributed by atoms with E-state index >= 15 is 0 Å². The zero-order valence-electron chi connectivity index (χ0n) is 14.9. The molecule has 4 nitrogen and oxygen atoms in total. The van der Waals surface area contributed by atoms with Gasteiger partial charge in [-0.1, -0.05) is 42.5 Å². The van der Waals surface area contributed by atoms with E-state index in [1.165, 1.54) is 0 Å². The van der Waals surface area contributed by atoms with Crippen molar-refractivity contribution in [3.05, 3.63) is 71.3 Å². The van der Waals surface area contributed by atoms with Gasteiger partial charge in [0.25, 0.3) is 0 Å². The van der Waals surface area contributed by atoms with Crippen molar-refractivity contribution in [2.24, 2.45) is 0 Å². The van der Waals surface area contributed by atoms with Crippen LogP contribution < -0.4 is 0 Å². The second kappa shape index (κ2) is 8.16. The van der Waals surface area contributed by atoms with Crippen molar-refractivity contribution in [3.8, 4) is 6.07 Å².